The van der Waals surface area contributed by atoms with Crippen LogP contribution >= 0.6 is 24.0 Å². The molecule has 1 amide bonds. The number of rotatable bonds is 3. The summed E-state index contributed by atoms with van der Waals surface area (Å²) in [6, 6.07) is 9.81. The zero-order valence-electron chi connectivity index (χ0n) is 12.4. The average Bonchev–Trinajstić information content (AvgIpc) is 2.85. The van der Waals surface area contributed by atoms with E-state index in [0.717, 1.165) is 11.8 Å². The molecule has 0 saturated carbocycles. The van der Waals surface area contributed by atoms with E-state index in [1.54, 1.807) is 6.07 Å². The van der Waals surface area contributed by atoms with E-state index in [9.17, 15) is 25.1 Å². The number of phenolic OH excluding ortho intramolecular Hbond substituents is 2. The van der Waals surface area contributed by atoms with Crippen molar-refractivity contribution in [2.24, 2.45) is 0 Å². The van der Waals surface area contributed by atoms with Gasteiger partial charge in [-0.3, -0.25) is 19.8 Å². The molecule has 1 heterocycles. The molecule has 0 atom stereocenters. The fourth-order valence-electron chi connectivity index (χ4n) is 2.22. The van der Waals surface area contributed by atoms with Crippen LogP contribution in [0.2, 0.25) is 0 Å². The molecule has 3 rings (SSSR count). The number of hydrogen-bond donors (Lipinski definition) is 2. The first kappa shape index (κ1) is 16.9. The van der Waals surface area contributed by atoms with Crippen LogP contribution in [0.25, 0.3) is 6.08 Å². The van der Waals surface area contributed by atoms with Gasteiger partial charge in [-0.05, 0) is 29.8 Å². The second-order valence-corrected chi connectivity index (χ2v) is 6.72. The molecule has 2 N–H and O–H groups in total. The number of nitro groups is 1. The third-order valence-electron chi connectivity index (χ3n) is 3.39. The number of anilines is 1. The largest absolute Gasteiger partial charge is 0.504 e. The number of nitro benzene ring substituents is 1. The smallest absolute Gasteiger partial charge is 0.271 e. The van der Waals surface area contributed by atoms with Crippen molar-refractivity contribution in [3.8, 4) is 11.5 Å². The van der Waals surface area contributed by atoms with Crippen molar-refractivity contribution >= 4 is 51.7 Å². The summed E-state index contributed by atoms with van der Waals surface area (Å²) in [4.78, 5) is 24.5. The van der Waals surface area contributed by atoms with Gasteiger partial charge in [0.15, 0.2) is 15.8 Å². The third kappa shape index (κ3) is 3.32. The maximum Gasteiger partial charge on any atom is 0.271 e. The summed E-state index contributed by atoms with van der Waals surface area (Å²) >= 11 is 6.27. The molecule has 0 aliphatic carbocycles. The van der Waals surface area contributed by atoms with Gasteiger partial charge in [-0.15, -0.1) is 0 Å². The molecule has 2 aromatic rings. The third-order valence-corrected chi connectivity index (χ3v) is 4.69. The van der Waals surface area contributed by atoms with Crippen LogP contribution in [0.5, 0.6) is 11.5 Å². The summed E-state index contributed by atoms with van der Waals surface area (Å²) in [6.45, 7) is 0. The summed E-state index contributed by atoms with van der Waals surface area (Å²) in [7, 11) is 0. The molecule has 1 aliphatic heterocycles. The summed E-state index contributed by atoms with van der Waals surface area (Å²) in [6.07, 6.45) is 1.52. The van der Waals surface area contributed by atoms with Gasteiger partial charge in [0.2, 0.25) is 0 Å². The summed E-state index contributed by atoms with van der Waals surface area (Å²) in [5.74, 6) is -0.979. The van der Waals surface area contributed by atoms with Crippen LogP contribution in [0.4, 0.5) is 11.4 Å². The van der Waals surface area contributed by atoms with Crippen molar-refractivity contribution in [1.29, 1.82) is 0 Å². The van der Waals surface area contributed by atoms with Crippen LogP contribution in [0, 0.1) is 10.1 Å². The number of hydrogen-bond acceptors (Lipinski definition) is 7. The number of carbonyl (C=O) groups is 1. The Bertz CT molecular complexity index is 942. The Labute approximate surface area is 151 Å². The van der Waals surface area contributed by atoms with Gasteiger partial charge < -0.3 is 10.2 Å². The van der Waals surface area contributed by atoms with Gasteiger partial charge >= 0.3 is 0 Å². The van der Waals surface area contributed by atoms with Crippen molar-refractivity contribution in [3.63, 3.8) is 0 Å². The molecule has 0 spiro atoms. The minimum absolute atomic E-state index is 0.140. The second-order valence-electron chi connectivity index (χ2n) is 5.04. The predicted octanol–water partition coefficient (Wildman–Crippen LogP) is 3.41. The lowest BCUT2D eigenvalue weighted by atomic mass is 10.2. The molecule has 2 aromatic carbocycles. The molecule has 7 nitrogen and oxygen atoms in total. The number of non-ortho nitro benzene ring substituents is 1. The average molecular weight is 374 g/mol. The number of phenols is 2. The number of carbonyl (C=O) groups excluding carboxylic acids is 1. The van der Waals surface area contributed by atoms with E-state index in [2.05, 4.69) is 0 Å². The van der Waals surface area contributed by atoms with Crippen LogP contribution in [0.3, 0.4) is 0 Å². The van der Waals surface area contributed by atoms with E-state index in [-0.39, 0.29) is 21.5 Å². The van der Waals surface area contributed by atoms with Crippen molar-refractivity contribution in [3.05, 3.63) is 63.0 Å². The van der Waals surface area contributed by atoms with Gasteiger partial charge in [0.1, 0.15) is 0 Å². The van der Waals surface area contributed by atoms with Crippen LogP contribution < -0.4 is 4.90 Å². The van der Waals surface area contributed by atoms with Gasteiger partial charge in [-0.25, -0.2) is 0 Å². The maximum atomic E-state index is 12.6. The Morgan fingerprint density at radius 1 is 1.16 bits per heavy atom. The van der Waals surface area contributed by atoms with Crippen LogP contribution in [0.15, 0.2) is 47.4 Å². The Hall–Kier alpha value is -2.91. The minimum atomic E-state index is -0.545. The number of benzene rings is 2. The summed E-state index contributed by atoms with van der Waals surface area (Å²) < 4.78 is 0.250. The van der Waals surface area contributed by atoms with Crippen LogP contribution in [-0.2, 0) is 4.79 Å². The fourth-order valence-corrected chi connectivity index (χ4v) is 3.52. The number of thiocarbonyl (C=S) groups is 1. The highest BCUT2D eigenvalue weighted by molar-refractivity contribution is 8.27. The van der Waals surface area contributed by atoms with E-state index in [1.807, 2.05) is 0 Å². The topological polar surface area (TPSA) is 104 Å². The highest BCUT2D eigenvalue weighted by Crippen LogP contribution is 2.37. The van der Waals surface area contributed by atoms with E-state index >= 15 is 0 Å². The predicted molar refractivity (Wildman–Crippen MR) is 98.5 cm³/mol. The standard InChI is InChI=1S/C16H10N2O5S2/c19-12-5-4-9(6-13(12)20)7-14-15(21)17(16(24)25-14)10-2-1-3-11(8-10)18(22)23/h1-8,19-20H/b14-7-. The quantitative estimate of drug-likeness (QED) is 0.279. The van der Waals surface area contributed by atoms with Gasteiger partial charge in [0, 0.05) is 12.1 Å². The molecule has 0 unspecified atom stereocenters. The van der Waals surface area contributed by atoms with Crippen molar-refractivity contribution in [2.75, 3.05) is 4.90 Å². The normalized spacial score (nSPS) is 15.8. The molecule has 126 valence electrons. The number of amides is 1. The summed E-state index contributed by atoms with van der Waals surface area (Å²) in [5, 5.41) is 29.8. The fraction of sp³-hybridized carbons (Fsp3) is 0. The SMILES string of the molecule is O=C1/C(=C/c2ccc(O)c(O)c2)SC(=S)N1c1cccc([N+](=O)[O-])c1. The monoisotopic (exact) mass is 374 g/mol. The minimum Gasteiger partial charge on any atom is -0.504 e. The molecular formula is C16H10N2O5S2. The van der Waals surface area contributed by atoms with E-state index in [4.69, 9.17) is 12.2 Å². The molecule has 1 saturated heterocycles. The Morgan fingerprint density at radius 2 is 1.92 bits per heavy atom. The van der Waals surface area contributed by atoms with Crippen molar-refractivity contribution < 1.29 is 19.9 Å². The Balaban J connectivity index is 1.94. The van der Waals surface area contributed by atoms with Crippen LogP contribution in [0.1, 0.15) is 5.56 Å². The Morgan fingerprint density at radius 3 is 2.60 bits per heavy atom. The molecule has 25 heavy (non-hydrogen) atoms. The molecule has 0 aromatic heterocycles. The molecule has 0 radical (unpaired) electrons. The number of thioether (sulfide) groups is 1. The summed E-state index contributed by atoms with van der Waals surface area (Å²) in [5.41, 5.74) is 0.683. The van der Waals surface area contributed by atoms with Gasteiger partial charge in [0.05, 0.1) is 15.5 Å². The van der Waals surface area contributed by atoms with E-state index < -0.39 is 10.8 Å². The van der Waals surface area contributed by atoms with Crippen LogP contribution in [-0.4, -0.2) is 25.4 Å². The number of aromatic hydroxyl groups is 2. The lowest BCUT2D eigenvalue weighted by Crippen LogP contribution is -2.27. The first-order valence-electron chi connectivity index (χ1n) is 6.91. The highest BCUT2D eigenvalue weighted by atomic mass is 32.2. The highest BCUT2D eigenvalue weighted by Gasteiger charge is 2.33. The lowest BCUT2D eigenvalue weighted by Gasteiger charge is -2.13. The zero-order valence-corrected chi connectivity index (χ0v) is 14.1. The Kier molecular flexibility index (Phi) is 4.43. The maximum absolute atomic E-state index is 12.6. The molecular weight excluding hydrogens is 364 g/mol. The van der Waals surface area contributed by atoms with Crippen molar-refractivity contribution in [1.82, 2.24) is 0 Å². The molecule has 0 bridgehead atoms. The molecule has 9 heteroatoms. The van der Waals surface area contributed by atoms with Gasteiger partial charge in [-0.2, -0.15) is 0 Å². The second kappa shape index (κ2) is 6.54. The van der Waals surface area contributed by atoms with E-state index in [1.165, 1.54) is 47.4 Å². The van der Waals surface area contributed by atoms with Gasteiger partial charge in [0.25, 0.3) is 11.6 Å². The first-order valence-corrected chi connectivity index (χ1v) is 8.13. The van der Waals surface area contributed by atoms with Crippen molar-refractivity contribution in [2.45, 2.75) is 0 Å². The van der Waals surface area contributed by atoms with Gasteiger partial charge in [-0.1, -0.05) is 36.1 Å². The zero-order chi connectivity index (χ0) is 18.1. The first-order chi connectivity index (χ1) is 11.9. The number of nitrogens with zero attached hydrogens (tertiary/aromatic N) is 2. The molecule has 1 aliphatic rings. The lowest BCUT2D eigenvalue weighted by molar-refractivity contribution is -0.384. The molecule has 1 fully saturated rings. The van der Waals surface area contributed by atoms with E-state index in [0.29, 0.717) is 16.2 Å².